The summed E-state index contributed by atoms with van der Waals surface area (Å²) in [5.41, 5.74) is 3.64. The molecule has 0 bridgehead atoms. The molecule has 0 spiro atoms. The highest BCUT2D eigenvalue weighted by atomic mass is 19.4. The molecule has 2 saturated carbocycles. The van der Waals surface area contributed by atoms with Gasteiger partial charge in [-0.2, -0.15) is 13.2 Å². The summed E-state index contributed by atoms with van der Waals surface area (Å²) in [4.78, 5) is 16.3. The molecule has 6 rings (SSSR count). The Labute approximate surface area is 214 Å². The van der Waals surface area contributed by atoms with E-state index >= 15 is 0 Å². The fourth-order valence-electron chi connectivity index (χ4n) is 7.79. The minimum absolute atomic E-state index is 0.0288. The first kappa shape index (κ1) is 24.4. The lowest BCUT2D eigenvalue weighted by molar-refractivity contribution is -0.114. The number of carbonyl (C=O) groups excluding carboxylic acids is 1. The molecule has 2 aromatic rings. The molecule has 0 radical (unpaired) electrons. The van der Waals surface area contributed by atoms with Crippen LogP contribution in [0.2, 0.25) is 0 Å². The van der Waals surface area contributed by atoms with Crippen molar-refractivity contribution in [3.05, 3.63) is 83.5 Å². The largest absolute Gasteiger partial charge is 0.409 e. The minimum atomic E-state index is -4.46. The number of hydrogen-bond donors (Lipinski definition) is 1. The van der Waals surface area contributed by atoms with Gasteiger partial charge in [-0.25, -0.2) is 4.98 Å². The van der Waals surface area contributed by atoms with Gasteiger partial charge in [-0.1, -0.05) is 24.6 Å². The Balaban J connectivity index is 1.46. The monoisotopic (exact) mass is 508 g/mol. The molecule has 1 aromatic carbocycles. The summed E-state index contributed by atoms with van der Waals surface area (Å²) in [5.74, 6) is 0.426. The number of aliphatic hydroxyl groups is 1. The molecule has 4 aliphatic carbocycles. The van der Waals surface area contributed by atoms with E-state index in [1.165, 1.54) is 11.1 Å². The van der Waals surface area contributed by atoms with Gasteiger partial charge in [-0.05, 0) is 91.4 Å². The third-order valence-corrected chi connectivity index (χ3v) is 9.60. The van der Waals surface area contributed by atoms with E-state index < -0.39 is 17.2 Å². The van der Waals surface area contributed by atoms with E-state index in [-0.39, 0.29) is 29.6 Å². The number of rotatable bonds is 3. The summed E-state index contributed by atoms with van der Waals surface area (Å²) in [7, 11) is 0. The molecule has 0 aliphatic heterocycles. The van der Waals surface area contributed by atoms with Gasteiger partial charge in [0.2, 0.25) is 0 Å². The molecule has 37 heavy (non-hydrogen) atoms. The van der Waals surface area contributed by atoms with Gasteiger partial charge in [-0.3, -0.25) is 4.79 Å². The van der Waals surface area contributed by atoms with Crippen LogP contribution in [0.4, 0.5) is 13.2 Å². The first-order valence-electron chi connectivity index (χ1n) is 13.1. The smallest absolute Gasteiger partial charge is 0.385 e. The zero-order valence-corrected chi connectivity index (χ0v) is 20.8. The van der Waals surface area contributed by atoms with E-state index in [0.717, 1.165) is 42.2 Å². The standard InChI is InChI=1S/C30H31F3N2O2/c1-28-17-25(19-2-5-21(6-3-19)35-15-14-34-18-35)27-23-9-7-22(36)16-20(23)4-8-24(27)26(28)10-11-29(28,37)12-13-30(31,32)33/h2-3,5-6,12-16,18,24-26,37H,4,7-11,17H2,1H3/b13-12+/t24-,25+,26-,28-,29+/m0/s1. The van der Waals surface area contributed by atoms with Gasteiger partial charge in [-0.15, -0.1) is 0 Å². The van der Waals surface area contributed by atoms with Crippen molar-refractivity contribution < 1.29 is 23.1 Å². The van der Waals surface area contributed by atoms with Crippen molar-refractivity contribution in [2.24, 2.45) is 17.3 Å². The number of hydrogen-bond acceptors (Lipinski definition) is 3. The number of alkyl halides is 3. The molecule has 0 amide bonds. The summed E-state index contributed by atoms with van der Waals surface area (Å²) in [5, 5.41) is 11.7. The van der Waals surface area contributed by atoms with Gasteiger partial charge in [0.15, 0.2) is 5.78 Å². The van der Waals surface area contributed by atoms with Gasteiger partial charge in [0.1, 0.15) is 0 Å². The number of benzene rings is 1. The average molecular weight is 509 g/mol. The summed E-state index contributed by atoms with van der Waals surface area (Å²) in [6.07, 6.45) is 8.43. The number of halogens is 3. The van der Waals surface area contributed by atoms with E-state index in [0.29, 0.717) is 25.7 Å². The minimum Gasteiger partial charge on any atom is -0.385 e. The second kappa shape index (κ2) is 8.55. The van der Waals surface area contributed by atoms with Crippen molar-refractivity contribution in [1.29, 1.82) is 0 Å². The lowest BCUT2D eigenvalue weighted by atomic mass is 9.51. The Bertz CT molecular complexity index is 1310. The zero-order chi connectivity index (χ0) is 26.0. The van der Waals surface area contributed by atoms with Crippen molar-refractivity contribution in [3.63, 3.8) is 0 Å². The molecule has 4 aliphatic rings. The highest BCUT2D eigenvalue weighted by Gasteiger charge is 2.62. The van der Waals surface area contributed by atoms with Crippen LogP contribution in [0.1, 0.15) is 63.4 Å². The molecule has 1 aromatic heterocycles. The van der Waals surface area contributed by atoms with E-state index in [1.54, 1.807) is 12.5 Å². The molecule has 0 unspecified atom stereocenters. The molecule has 1 heterocycles. The third kappa shape index (κ3) is 4.02. The first-order valence-corrected chi connectivity index (χ1v) is 13.1. The predicted molar refractivity (Wildman–Crippen MR) is 134 cm³/mol. The number of nitrogens with zero attached hydrogens (tertiary/aromatic N) is 2. The number of carbonyl (C=O) groups is 1. The Morgan fingerprint density at radius 3 is 2.62 bits per heavy atom. The van der Waals surface area contributed by atoms with Gasteiger partial charge in [0.05, 0.1) is 11.9 Å². The van der Waals surface area contributed by atoms with Crippen molar-refractivity contribution in [1.82, 2.24) is 9.55 Å². The first-order chi connectivity index (χ1) is 17.6. The summed E-state index contributed by atoms with van der Waals surface area (Å²) >= 11 is 0. The van der Waals surface area contributed by atoms with Gasteiger partial charge >= 0.3 is 6.18 Å². The van der Waals surface area contributed by atoms with Gasteiger partial charge < -0.3 is 9.67 Å². The Kier molecular flexibility index (Phi) is 5.64. The van der Waals surface area contributed by atoms with E-state index in [1.807, 2.05) is 35.9 Å². The van der Waals surface area contributed by atoms with E-state index in [2.05, 4.69) is 17.1 Å². The summed E-state index contributed by atoms with van der Waals surface area (Å²) in [6.45, 7) is 2.00. The predicted octanol–water partition coefficient (Wildman–Crippen LogP) is 6.62. The Hall–Kier alpha value is -2.93. The van der Waals surface area contributed by atoms with Crippen molar-refractivity contribution in [2.45, 2.75) is 69.6 Å². The molecule has 0 saturated heterocycles. The quantitative estimate of drug-likeness (QED) is 0.474. The zero-order valence-electron chi connectivity index (χ0n) is 20.8. The van der Waals surface area contributed by atoms with Crippen LogP contribution in [0, 0.1) is 17.3 Å². The van der Waals surface area contributed by atoms with Crippen LogP contribution >= 0.6 is 0 Å². The number of aromatic nitrogens is 2. The van der Waals surface area contributed by atoms with Crippen LogP contribution in [0.5, 0.6) is 0 Å². The summed E-state index contributed by atoms with van der Waals surface area (Å²) in [6, 6.07) is 8.28. The van der Waals surface area contributed by atoms with Crippen LogP contribution in [-0.2, 0) is 4.79 Å². The SMILES string of the molecule is C[C@]12C[C@H](c3ccc(-n4ccnc4)cc3)C3=C4CCC(=O)C=C4CC[C@H]3[C@@H]1CC[C@@]2(O)/C=C/C(F)(F)F. The van der Waals surface area contributed by atoms with E-state index in [4.69, 9.17) is 0 Å². The molecule has 7 heteroatoms. The highest BCUT2D eigenvalue weighted by molar-refractivity contribution is 5.93. The highest BCUT2D eigenvalue weighted by Crippen LogP contribution is 2.67. The number of fused-ring (bicyclic) bond motifs is 4. The van der Waals surface area contributed by atoms with Crippen LogP contribution in [0.3, 0.4) is 0 Å². The van der Waals surface area contributed by atoms with E-state index in [9.17, 15) is 23.1 Å². The maximum atomic E-state index is 13.2. The maximum absolute atomic E-state index is 13.2. The summed E-state index contributed by atoms with van der Waals surface area (Å²) < 4.78 is 41.4. The fourth-order valence-corrected chi connectivity index (χ4v) is 7.79. The lowest BCUT2D eigenvalue weighted by Gasteiger charge is -2.54. The van der Waals surface area contributed by atoms with Crippen molar-refractivity contribution in [2.75, 3.05) is 0 Å². The second-order valence-corrected chi connectivity index (χ2v) is 11.4. The Morgan fingerprint density at radius 2 is 1.92 bits per heavy atom. The lowest BCUT2D eigenvalue weighted by Crippen LogP contribution is -2.50. The number of ketones is 1. The molecular formula is C30H31F3N2O2. The van der Waals surface area contributed by atoms with Crippen LogP contribution in [0.15, 0.2) is 77.9 Å². The number of imidazole rings is 1. The van der Waals surface area contributed by atoms with Crippen molar-refractivity contribution in [3.8, 4) is 5.69 Å². The van der Waals surface area contributed by atoms with Gasteiger partial charge in [0, 0.05) is 41.9 Å². The molecule has 1 N–H and O–H groups in total. The maximum Gasteiger partial charge on any atom is 0.409 e. The Morgan fingerprint density at radius 1 is 1.14 bits per heavy atom. The van der Waals surface area contributed by atoms with Gasteiger partial charge in [0.25, 0.3) is 0 Å². The average Bonchev–Trinajstić information content (AvgIpc) is 3.49. The van der Waals surface area contributed by atoms with Crippen LogP contribution in [-0.4, -0.2) is 32.2 Å². The second-order valence-electron chi connectivity index (χ2n) is 11.4. The molecular weight excluding hydrogens is 477 g/mol. The normalized spacial score (nSPS) is 33.8. The molecule has 2 fully saturated rings. The fraction of sp³-hybridized carbons (Fsp3) is 0.467. The van der Waals surface area contributed by atoms with Crippen molar-refractivity contribution >= 4 is 5.78 Å². The molecule has 194 valence electrons. The third-order valence-electron chi connectivity index (χ3n) is 9.60. The van der Waals surface area contributed by atoms with Crippen LogP contribution in [0.25, 0.3) is 5.69 Å². The number of allylic oxidation sites excluding steroid dienone is 5. The molecule has 4 nitrogen and oxygen atoms in total. The van der Waals surface area contributed by atoms with Crippen LogP contribution < -0.4 is 0 Å². The topological polar surface area (TPSA) is 55.1 Å². The molecule has 5 atom stereocenters.